The molecule has 13 nitrogen and oxygen atoms in total. The second kappa shape index (κ2) is 31.4. The molecule has 0 aliphatic rings. The number of benzene rings is 9. The predicted molar refractivity (Wildman–Crippen MR) is 462 cm³/mol. The number of para-hydroxylation sites is 6. The molecule has 0 spiro atoms. The summed E-state index contributed by atoms with van der Waals surface area (Å²) >= 11 is 0. The Balaban J connectivity index is 0.000000127. The third-order valence-corrected chi connectivity index (χ3v) is 19.5. The van der Waals surface area contributed by atoms with Gasteiger partial charge in [-0.2, -0.15) is 0 Å². The van der Waals surface area contributed by atoms with Crippen molar-refractivity contribution in [2.75, 3.05) is 0 Å². The van der Waals surface area contributed by atoms with E-state index in [0.717, 1.165) is 113 Å². The molecule has 9 aromatic carbocycles. The molecule has 13 heteroatoms. The van der Waals surface area contributed by atoms with E-state index in [9.17, 15) is 0 Å². The van der Waals surface area contributed by atoms with Crippen LogP contribution in [0.25, 0.3) is 117 Å². The van der Waals surface area contributed by atoms with Gasteiger partial charge in [0.25, 0.3) is 0 Å². The quantitative estimate of drug-likeness (QED) is 0.158. The minimum Gasteiger partial charge on any atom is -0.294 e. The lowest BCUT2D eigenvalue weighted by molar-refractivity contribution is 0.532. The lowest BCUT2D eigenvalue weighted by Crippen LogP contribution is -2.19. The first-order valence-electron chi connectivity index (χ1n) is 38.3. The molecule has 0 aliphatic carbocycles. The van der Waals surface area contributed by atoms with Crippen LogP contribution in [0.5, 0.6) is 0 Å². The van der Waals surface area contributed by atoms with Gasteiger partial charge in [0.05, 0.1) is 44.5 Å². The van der Waals surface area contributed by atoms with Crippen molar-refractivity contribution in [3.63, 3.8) is 0 Å². The topological polar surface area (TPSA) is 144 Å². The van der Waals surface area contributed by atoms with Crippen LogP contribution in [0.2, 0.25) is 0 Å². The summed E-state index contributed by atoms with van der Waals surface area (Å²) in [6.45, 7) is 38.8. The van der Waals surface area contributed by atoms with Gasteiger partial charge in [-0.15, -0.1) is 0 Å². The Labute approximate surface area is 653 Å². The number of hydrogen-bond donors (Lipinski definition) is 0. The Morgan fingerprint density at radius 3 is 0.766 bits per heavy atom. The third-order valence-electron chi connectivity index (χ3n) is 19.5. The molecule has 0 amide bonds. The maximum Gasteiger partial charge on any atom is 0.234 e. The maximum atomic E-state index is 5.16. The zero-order valence-electron chi connectivity index (χ0n) is 67.4. The summed E-state index contributed by atoms with van der Waals surface area (Å²) in [5, 5.41) is 7.35. The Bertz CT molecular complexity index is 5650. The fourth-order valence-electron chi connectivity index (χ4n) is 13.1. The smallest absolute Gasteiger partial charge is 0.234 e. The first kappa shape index (κ1) is 77.0. The fourth-order valence-corrected chi connectivity index (χ4v) is 13.1. The van der Waals surface area contributed by atoms with E-state index in [0.29, 0.717) is 0 Å². The van der Waals surface area contributed by atoms with Crippen molar-refractivity contribution < 1.29 is 0 Å². The summed E-state index contributed by atoms with van der Waals surface area (Å²) in [5.74, 6) is 5.86. The molecule has 8 heterocycles. The second-order valence-electron chi connectivity index (χ2n) is 34.4. The van der Waals surface area contributed by atoms with E-state index in [2.05, 4.69) is 350 Å². The molecule has 0 fully saturated rings. The monoisotopic (exact) mass is 1460 g/mol. The molecule has 0 atom stereocenters. The predicted octanol–water partition coefficient (Wildman–Crippen LogP) is 24.5. The van der Waals surface area contributed by atoms with E-state index in [1.165, 1.54) is 37.9 Å². The van der Waals surface area contributed by atoms with Gasteiger partial charge in [-0.05, 0) is 75.4 Å². The van der Waals surface area contributed by atoms with Crippen LogP contribution in [0.1, 0.15) is 159 Å². The molecular formula is C98H101N13. The van der Waals surface area contributed by atoms with Crippen molar-refractivity contribution in [1.29, 1.82) is 0 Å². The van der Waals surface area contributed by atoms with Gasteiger partial charge in [-0.25, -0.2) is 49.8 Å². The van der Waals surface area contributed by atoms with Gasteiger partial charge in [-0.3, -0.25) is 13.7 Å². The number of aromatic nitrogens is 13. The number of hydrogen-bond acceptors (Lipinski definition) is 10. The fraction of sp³-hybridized carbons (Fsp3) is 0.245. The molecule has 0 N–H and O–H groups in total. The van der Waals surface area contributed by atoms with Crippen LogP contribution in [-0.2, 0) is 32.5 Å². The van der Waals surface area contributed by atoms with Gasteiger partial charge in [-0.1, -0.05) is 325 Å². The maximum absolute atomic E-state index is 5.16. The number of nitrogens with zero attached hydrogens (tertiary/aromatic N) is 13. The first-order valence-corrected chi connectivity index (χ1v) is 38.3. The Kier molecular flexibility index (Phi) is 21.8. The molecule has 8 aromatic heterocycles. The zero-order valence-corrected chi connectivity index (χ0v) is 67.4. The van der Waals surface area contributed by atoms with Gasteiger partial charge in [0.15, 0.2) is 5.82 Å². The molecule has 0 radical (unpaired) electrons. The summed E-state index contributed by atoms with van der Waals surface area (Å²) in [6.07, 6.45) is 11.6. The van der Waals surface area contributed by atoms with Crippen LogP contribution in [0.3, 0.4) is 0 Å². The van der Waals surface area contributed by atoms with Crippen LogP contribution in [0.4, 0.5) is 0 Å². The zero-order chi connectivity index (χ0) is 78.6. The third kappa shape index (κ3) is 17.3. The lowest BCUT2D eigenvalue weighted by atomic mass is 9.89. The summed E-state index contributed by atoms with van der Waals surface area (Å²) < 4.78 is 6.69. The van der Waals surface area contributed by atoms with E-state index < -0.39 is 0 Å². The minimum atomic E-state index is -0.220. The first-order chi connectivity index (χ1) is 52.9. The summed E-state index contributed by atoms with van der Waals surface area (Å²) in [6, 6.07) is 85.8. The second-order valence-corrected chi connectivity index (χ2v) is 34.4. The van der Waals surface area contributed by atoms with Gasteiger partial charge in [0.1, 0.15) is 29.1 Å². The van der Waals surface area contributed by atoms with Crippen molar-refractivity contribution in [1.82, 2.24) is 63.5 Å². The Hall–Kier alpha value is -12.2. The van der Waals surface area contributed by atoms with Crippen molar-refractivity contribution in [2.45, 2.75) is 157 Å². The Morgan fingerprint density at radius 2 is 0.468 bits per heavy atom. The average Bonchev–Trinajstić information content (AvgIpc) is 1.85. The molecule has 111 heavy (non-hydrogen) atoms. The summed E-state index contributed by atoms with van der Waals surface area (Å²) in [4.78, 5) is 46.8. The van der Waals surface area contributed by atoms with E-state index in [1.807, 2.05) is 104 Å². The van der Waals surface area contributed by atoms with Crippen LogP contribution >= 0.6 is 0 Å². The highest BCUT2D eigenvalue weighted by molar-refractivity contribution is 6.11. The number of fused-ring (bicyclic) bond motifs is 9. The van der Waals surface area contributed by atoms with Gasteiger partial charge >= 0.3 is 0 Å². The van der Waals surface area contributed by atoms with E-state index in [1.54, 1.807) is 0 Å². The van der Waals surface area contributed by atoms with E-state index in [4.69, 9.17) is 19.9 Å². The summed E-state index contributed by atoms with van der Waals surface area (Å²) in [5.41, 5.74) is 15.6. The molecule has 17 rings (SSSR count). The molecule has 0 bridgehead atoms. The Morgan fingerprint density at radius 1 is 0.216 bits per heavy atom. The highest BCUT2D eigenvalue weighted by atomic mass is 15.2. The highest BCUT2D eigenvalue weighted by Crippen LogP contribution is 2.38. The van der Waals surface area contributed by atoms with E-state index in [-0.39, 0.29) is 32.5 Å². The SMILES string of the molecule is CC(C)(C)c1cnc(-c2ccccc2)nc1.CC(C)(C)c1cnc(-n2c3ccccc3c3ccccc32)nc1.CC(C)(C)c1cnc(C(C)(C)C)nc1.CC(C)(C)c1nc(-c2ccccc2)cc(-c2ccccc2)n1.CC(C)(C)c1nc(-n2c3ccccc3c3ccccc32)cc(-n2c3ccccc3c3ccccc32)n1. The van der Waals surface area contributed by atoms with Crippen LogP contribution in [0.15, 0.2) is 286 Å². The molecular weight excluding hydrogens is 1360 g/mol. The van der Waals surface area contributed by atoms with Crippen molar-refractivity contribution in [3.05, 3.63) is 320 Å². The summed E-state index contributed by atoms with van der Waals surface area (Å²) in [7, 11) is 0. The number of rotatable bonds is 6. The lowest BCUT2D eigenvalue weighted by Gasteiger charge is -2.20. The minimum absolute atomic E-state index is 0.0381. The standard InChI is InChI=1S/C32H26N4.C20H19N3.C20H20N2.C14H16N2.C12H20N2/c1-32(2,3)31-33-29(35-25-16-8-4-12-21(25)22-13-5-9-17-26(22)35)20-30(34-31)36-27-18-10-6-14-23(27)24-15-7-11-19-28(24)36;1-20(2,3)14-12-21-19(22-13-14)23-17-10-6-4-8-15(17)16-9-5-7-11-18(16)23;1-20(2,3)19-21-17(15-10-6-4-7-11-15)14-18(22-19)16-12-8-5-9-13-16;1-14(2,3)12-9-15-13(16-10-12)11-7-5-4-6-8-11;1-11(2,3)9-7-13-10(14-8-9)12(4,5)6/h4-20H,1-3H3;4-13H,1-3H3;4-14H,1-3H3;4-10H,1-3H3;7-8H,1-6H3. The van der Waals surface area contributed by atoms with Gasteiger partial charge < -0.3 is 0 Å². The molecule has 17 aromatic rings. The van der Waals surface area contributed by atoms with Crippen molar-refractivity contribution in [2.24, 2.45) is 0 Å². The molecule has 0 saturated heterocycles. The van der Waals surface area contributed by atoms with Crippen molar-refractivity contribution in [3.8, 4) is 51.5 Å². The molecule has 0 aliphatic heterocycles. The van der Waals surface area contributed by atoms with E-state index >= 15 is 0 Å². The van der Waals surface area contributed by atoms with Crippen LogP contribution in [-0.4, -0.2) is 63.5 Å². The molecule has 0 saturated carbocycles. The molecule has 0 unspecified atom stereocenters. The highest BCUT2D eigenvalue weighted by Gasteiger charge is 2.26. The van der Waals surface area contributed by atoms with Crippen LogP contribution < -0.4 is 0 Å². The van der Waals surface area contributed by atoms with Crippen LogP contribution in [0, 0.1) is 0 Å². The normalized spacial score (nSPS) is 12.1. The largest absolute Gasteiger partial charge is 0.294 e. The average molecular weight is 1460 g/mol. The van der Waals surface area contributed by atoms with Gasteiger partial charge in [0.2, 0.25) is 5.95 Å². The molecule has 558 valence electrons. The van der Waals surface area contributed by atoms with Crippen molar-refractivity contribution >= 4 is 65.4 Å². The van der Waals surface area contributed by atoms with Gasteiger partial charge in [0, 0.05) is 109 Å².